The third-order valence-corrected chi connectivity index (χ3v) is 4.47. The Labute approximate surface area is 158 Å². The van der Waals surface area contributed by atoms with Crippen LogP contribution in [0.2, 0.25) is 0 Å². The molecule has 1 heterocycles. The maximum Gasteiger partial charge on any atom is 0.244 e. The lowest BCUT2D eigenvalue weighted by Crippen LogP contribution is -2.50. The second-order valence-corrected chi connectivity index (χ2v) is 6.74. The van der Waals surface area contributed by atoms with Crippen LogP contribution in [0.1, 0.15) is 38.7 Å². The topological polar surface area (TPSA) is 58.4 Å². The van der Waals surface area contributed by atoms with Crippen molar-refractivity contribution in [3.63, 3.8) is 0 Å². The molecular weight excluding hydrogens is 345 g/mol. The molecule has 1 aliphatic rings. The predicted molar refractivity (Wildman–Crippen MR) is 105 cm³/mol. The zero-order valence-electron chi connectivity index (χ0n) is 14.7. The summed E-state index contributed by atoms with van der Waals surface area (Å²) in [5.74, 6) is 0.331. The average Bonchev–Trinajstić information content (AvgIpc) is 2.54. The van der Waals surface area contributed by atoms with Crippen LogP contribution in [0.15, 0.2) is 30.3 Å². The van der Waals surface area contributed by atoms with Gasteiger partial charge in [-0.15, -0.1) is 24.8 Å². The van der Waals surface area contributed by atoms with E-state index in [0.717, 1.165) is 12.1 Å². The molecule has 0 saturated carbocycles. The number of halogens is 2. The van der Waals surface area contributed by atoms with Gasteiger partial charge in [-0.2, -0.15) is 0 Å². The Bertz CT molecular complexity index is 476. The number of rotatable bonds is 6. The summed E-state index contributed by atoms with van der Waals surface area (Å²) in [5, 5.41) is 3.02. The zero-order valence-corrected chi connectivity index (χ0v) is 16.3. The SMILES string of the molecule is CC(CNC(=O)C(C)(N)c1ccccc1)CN1CCCCC1.Cl.Cl. The number of nitrogens with two attached hydrogens (primary N) is 1. The van der Waals surface area contributed by atoms with Crippen LogP contribution in [0.4, 0.5) is 0 Å². The highest BCUT2D eigenvalue weighted by Gasteiger charge is 2.30. The fraction of sp³-hybridized carbons (Fsp3) is 0.611. The number of benzene rings is 1. The van der Waals surface area contributed by atoms with Crippen LogP contribution in [-0.4, -0.2) is 37.0 Å². The van der Waals surface area contributed by atoms with E-state index >= 15 is 0 Å². The van der Waals surface area contributed by atoms with E-state index < -0.39 is 5.54 Å². The lowest BCUT2D eigenvalue weighted by Gasteiger charge is -2.30. The Morgan fingerprint density at radius 2 is 1.79 bits per heavy atom. The number of nitrogens with zero attached hydrogens (tertiary/aromatic N) is 1. The molecule has 1 aliphatic heterocycles. The van der Waals surface area contributed by atoms with Crippen LogP contribution in [0.3, 0.4) is 0 Å². The van der Waals surface area contributed by atoms with Crippen molar-refractivity contribution in [1.29, 1.82) is 0 Å². The molecule has 6 heteroatoms. The minimum absolute atomic E-state index is 0. The highest BCUT2D eigenvalue weighted by molar-refractivity contribution is 5.87. The Balaban J connectivity index is 0.00000264. The van der Waals surface area contributed by atoms with E-state index in [1.165, 1.54) is 32.4 Å². The van der Waals surface area contributed by atoms with Crippen molar-refractivity contribution < 1.29 is 4.79 Å². The van der Waals surface area contributed by atoms with Gasteiger partial charge in [0, 0.05) is 13.1 Å². The van der Waals surface area contributed by atoms with E-state index in [-0.39, 0.29) is 30.7 Å². The van der Waals surface area contributed by atoms with Crippen molar-refractivity contribution in [2.45, 2.75) is 38.6 Å². The standard InChI is InChI=1S/C18H29N3O.2ClH/c1-15(14-21-11-7-4-8-12-21)13-20-17(22)18(2,19)16-9-5-3-6-10-16;;/h3,5-6,9-10,15H,4,7-8,11-14,19H2,1-2H3,(H,20,22);2*1H. The maximum absolute atomic E-state index is 12.4. The average molecular weight is 376 g/mol. The number of carbonyl (C=O) groups excluding carboxylic acids is 1. The number of hydrogen-bond acceptors (Lipinski definition) is 3. The highest BCUT2D eigenvalue weighted by Crippen LogP contribution is 2.17. The van der Waals surface area contributed by atoms with E-state index in [1.807, 2.05) is 30.3 Å². The molecule has 1 aromatic carbocycles. The number of hydrogen-bond donors (Lipinski definition) is 2. The molecule has 2 atom stereocenters. The van der Waals surface area contributed by atoms with Crippen molar-refractivity contribution in [3.8, 4) is 0 Å². The van der Waals surface area contributed by atoms with Gasteiger partial charge in [0.25, 0.3) is 0 Å². The van der Waals surface area contributed by atoms with Gasteiger partial charge < -0.3 is 16.0 Å². The Morgan fingerprint density at radius 3 is 2.38 bits per heavy atom. The second kappa shape index (κ2) is 10.9. The Morgan fingerprint density at radius 1 is 1.21 bits per heavy atom. The van der Waals surface area contributed by atoms with Gasteiger partial charge >= 0.3 is 0 Å². The Kier molecular flexibility index (Phi) is 10.6. The molecule has 1 fully saturated rings. The van der Waals surface area contributed by atoms with Crippen molar-refractivity contribution in [2.24, 2.45) is 11.7 Å². The molecular formula is C18H31Cl2N3O. The van der Waals surface area contributed by atoms with E-state index in [1.54, 1.807) is 6.92 Å². The fourth-order valence-electron chi connectivity index (χ4n) is 3.01. The normalized spacial score (nSPS) is 18.5. The summed E-state index contributed by atoms with van der Waals surface area (Å²) >= 11 is 0. The summed E-state index contributed by atoms with van der Waals surface area (Å²) in [6.45, 7) is 8.06. The maximum atomic E-state index is 12.4. The van der Waals surface area contributed by atoms with Crippen molar-refractivity contribution in [3.05, 3.63) is 35.9 Å². The molecule has 0 spiro atoms. The van der Waals surface area contributed by atoms with Gasteiger partial charge in [0.05, 0.1) is 0 Å². The summed E-state index contributed by atoms with van der Waals surface area (Å²) in [4.78, 5) is 14.9. The lowest BCUT2D eigenvalue weighted by atomic mass is 9.92. The lowest BCUT2D eigenvalue weighted by molar-refractivity contribution is -0.126. The van der Waals surface area contributed by atoms with E-state index in [4.69, 9.17) is 5.73 Å². The molecule has 0 radical (unpaired) electrons. The fourth-order valence-corrected chi connectivity index (χ4v) is 3.01. The summed E-state index contributed by atoms with van der Waals surface area (Å²) in [6.07, 6.45) is 3.95. The number of nitrogens with one attached hydrogen (secondary N) is 1. The predicted octanol–water partition coefficient (Wildman–Crippen LogP) is 2.94. The number of piperidine rings is 1. The smallest absolute Gasteiger partial charge is 0.244 e. The summed E-state index contributed by atoms with van der Waals surface area (Å²) in [7, 11) is 0. The molecule has 0 bridgehead atoms. The third kappa shape index (κ3) is 6.60. The van der Waals surface area contributed by atoms with Crippen molar-refractivity contribution >= 4 is 30.7 Å². The summed E-state index contributed by atoms with van der Waals surface area (Å²) in [6, 6.07) is 9.55. The molecule has 0 aromatic heterocycles. The Hall–Kier alpha value is -0.810. The van der Waals surface area contributed by atoms with Crippen LogP contribution < -0.4 is 11.1 Å². The highest BCUT2D eigenvalue weighted by atomic mass is 35.5. The second-order valence-electron chi connectivity index (χ2n) is 6.74. The third-order valence-electron chi connectivity index (χ3n) is 4.47. The molecule has 1 aromatic rings. The first-order chi connectivity index (χ1) is 10.5. The van der Waals surface area contributed by atoms with Gasteiger partial charge in [-0.3, -0.25) is 4.79 Å². The molecule has 0 aliphatic carbocycles. The summed E-state index contributed by atoms with van der Waals surface area (Å²) in [5.41, 5.74) is 6.09. The molecule has 138 valence electrons. The van der Waals surface area contributed by atoms with Gasteiger partial charge in [-0.25, -0.2) is 0 Å². The first-order valence-electron chi connectivity index (χ1n) is 8.35. The molecule has 1 saturated heterocycles. The molecule has 24 heavy (non-hydrogen) atoms. The first kappa shape index (κ1) is 23.2. The number of carbonyl (C=O) groups is 1. The van der Waals surface area contributed by atoms with Gasteiger partial charge in [0.15, 0.2) is 0 Å². The minimum atomic E-state index is -0.980. The first-order valence-corrected chi connectivity index (χ1v) is 8.35. The van der Waals surface area contributed by atoms with Crippen LogP contribution in [-0.2, 0) is 10.3 Å². The molecule has 2 unspecified atom stereocenters. The van der Waals surface area contributed by atoms with E-state index in [0.29, 0.717) is 12.5 Å². The van der Waals surface area contributed by atoms with Gasteiger partial charge in [-0.05, 0) is 44.3 Å². The van der Waals surface area contributed by atoms with Crippen molar-refractivity contribution in [2.75, 3.05) is 26.2 Å². The van der Waals surface area contributed by atoms with Crippen molar-refractivity contribution in [1.82, 2.24) is 10.2 Å². The zero-order chi connectivity index (χ0) is 16.0. The minimum Gasteiger partial charge on any atom is -0.354 e. The van der Waals surface area contributed by atoms with E-state index in [2.05, 4.69) is 17.1 Å². The van der Waals surface area contributed by atoms with Crippen LogP contribution >= 0.6 is 24.8 Å². The number of likely N-dealkylation sites (tertiary alicyclic amines) is 1. The molecule has 4 nitrogen and oxygen atoms in total. The van der Waals surface area contributed by atoms with Gasteiger partial charge in [-0.1, -0.05) is 43.7 Å². The van der Waals surface area contributed by atoms with E-state index in [9.17, 15) is 4.79 Å². The molecule has 1 amide bonds. The largest absolute Gasteiger partial charge is 0.354 e. The van der Waals surface area contributed by atoms with Gasteiger partial charge in [0.2, 0.25) is 5.91 Å². The molecule has 2 rings (SSSR count). The molecule has 3 N–H and O–H groups in total. The van der Waals surface area contributed by atoms with Crippen LogP contribution in [0.5, 0.6) is 0 Å². The monoisotopic (exact) mass is 375 g/mol. The summed E-state index contributed by atoms with van der Waals surface area (Å²) < 4.78 is 0. The van der Waals surface area contributed by atoms with Gasteiger partial charge in [0.1, 0.15) is 5.54 Å². The number of amides is 1. The quantitative estimate of drug-likeness (QED) is 0.803. The van der Waals surface area contributed by atoms with Crippen LogP contribution in [0.25, 0.3) is 0 Å². The van der Waals surface area contributed by atoms with Crippen LogP contribution in [0, 0.1) is 5.92 Å².